The molecular formula is C26H42O4. The topological polar surface area (TPSA) is 74.6 Å². The van der Waals surface area contributed by atoms with Crippen LogP contribution in [-0.2, 0) is 22.4 Å². The summed E-state index contributed by atoms with van der Waals surface area (Å²) in [6.07, 6.45) is 9.79. The molecule has 30 heavy (non-hydrogen) atoms. The molecule has 0 aliphatic rings. The van der Waals surface area contributed by atoms with E-state index >= 15 is 0 Å². The van der Waals surface area contributed by atoms with Gasteiger partial charge in [0.2, 0.25) is 0 Å². The number of unbranched alkanes of at least 4 members (excludes halogenated alkanes) is 4. The van der Waals surface area contributed by atoms with E-state index in [0.29, 0.717) is 6.42 Å². The van der Waals surface area contributed by atoms with Gasteiger partial charge in [-0.3, -0.25) is 9.59 Å². The molecule has 1 rings (SSSR count). The van der Waals surface area contributed by atoms with Gasteiger partial charge in [0.1, 0.15) is 0 Å². The fourth-order valence-corrected chi connectivity index (χ4v) is 3.81. The summed E-state index contributed by atoms with van der Waals surface area (Å²) in [6.45, 7) is 11.6. The first-order chi connectivity index (χ1) is 13.9. The van der Waals surface area contributed by atoms with Crippen LogP contribution in [0.25, 0.3) is 0 Å². The van der Waals surface area contributed by atoms with E-state index in [1.807, 2.05) is 0 Å². The summed E-state index contributed by atoms with van der Waals surface area (Å²) < 4.78 is 0. The van der Waals surface area contributed by atoms with Crippen LogP contribution in [0.15, 0.2) is 12.1 Å². The molecule has 0 radical (unpaired) electrons. The summed E-state index contributed by atoms with van der Waals surface area (Å²) in [5.41, 5.74) is 4.20. The maximum Gasteiger partial charge on any atom is 0.309 e. The van der Waals surface area contributed by atoms with E-state index in [1.165, 1.54) is 22.3 Å². The highest BCUT2D eigenvalue weighted by atomic mass is 16.4. The minimum Gasteiger partial charge on any atom is -0.481 e. The Morgan fingerprint density at radius 1 is 0.667 bits per heavy atom. The second kappa shape index (κ2) is 11.5. The lowest BCUT2D eigenvalue weighted by Crippen LogP contribution is -2.23. The highest BCUT2D eigenvalue weighted by molar-refractivity contribution is 5.73. The van der Waals surface area contributed by atoms with Gasteiger partial charge in [0.25, 0.3) is 0 Å². The third kappa shape index (κ3) is 8.49. The zero-order valence-electron chi connectivity index (χ0n) is 19.9. The molecule has 0 saturated heterocycles. The van der Waals surface area contributed by atoms with Crippen molar-refractivity contribution in [2.24, 2.45) is 10.8 Å². The molecule has 1 aromatic rings. The van der Waals surface area contributed by atoms with Crippen molar-refractivity contribution < 1.29 is 19.8 Å². The summed E-state index contributed by atoms with van der Waals surface area (Å²) >= 11 is 0. The maximum absolute atomic E-state index is 11.2. The average Bonchev–Trinajstić information content (AvgIpc) is 2.64. The van der Waals surface area contributed by atoms with Gasteiger partial charge in [-0.15, -0.1) is 0 Å². The highest BCUT2D eigenvalue weighted by Crippen LogP contribution is 2.26. The van der Waals surface area contributed by atoms with E-state index in [9.17, 15) is 19.8 Å². The van der Waals surface area contributed by atoms with Gasteiger partial charge in [-0.2, -0.15) is 0 Å². The number of aryl methyl sites for hydroxylation is 4. The van der Waals surface area contributed by atoms with Crippen LogP contribution in [0, 0.1) is 24.7 Å². The second-order valence-electron chi connectivity index (χ2n) is 10.2. The number of carboxylic acids is 2. The van der Waals surface area contributed by atoms with Crippen LogP contribution in [0.1, 0.15) is 101 Å². The Kier molecular flexibility index (Phi) is 10.1. The Morgan fingerprint density at radius 2 is 1.00 bits per heavy atom. The Hall–Kier alpha value is -1.84. The van der Waals surface area contributed by atoms with Crippen molar-refractivity contribution in [3.63, 3.8) is 0 Å². The molecule has 0 aromatic heterocycles. The van der Waals surface area contributed by atoms with Crippen molar-refractivity contribution in [1.82, 2.24) is 0 Å². The minimum atomic E-state index is -0.718. The van der Waals surface area contributed by atoms with Crippen LogP contribution in [0.4, 0.5) is 0 Å². The van der Waals surface area contributed by atoms with Gasteiger partial charge >= 0.3 is 11.9 Å². The second-order valence-corrected chi connectivity index (χ2v) is 10.2. The Morgan fingerprint density at radius 3 is 1.40 bits per heavy atom. The van der Waals surface area contributed by atoms with Crippen molar-refractivity contribution >= 4 is 11.9 Å². The molecule has 0 aliphatic carbocycles. The van der Waals surface area contributed by atoms with E-state index < -0.39 is 22.8 Å². The number of aliphatic carboxylic acids is 2. The standard InChI is InChI=1S/C26H42O4/c1-19-18-22(14-10-12-16-26(5,6)24(29)30)20(2)17-21(19)13-9-7-8-11-15-25(3,4)23(27)28/h17-18H,7-16H2,1-6H3,(H,27,28)(H,29,30). The van der Waals surface area contributed by atoms with Crippen LogP contribution >= 0.6 is 0 Å². The number of carbonyl (C=O) groups is 2. The van der Waals surface area contributed by atoms with Crippen LogP contribution in [0.3, 0.4) is 0 Å². The van der Waals surface area contributed by atoms with Crippen molar-refractivity contribution in [1.29, 1.82) is 0 Å². The first-order valence-electron chi connectivity index (χ1n) is 11.4. The predicted molar refractivity (Wildman–Crippen MR) is 123 cm³/mol. The third-order valence-electron chi connectivity index (χ3n) is 6.45. The molecule has 0 heterocycles. The highest BCUT2D eigenvalue weighted by Gasteiger charge is 2.26. The van der Waals surface area contributed by atoms with Gasteiger partial charge in [-0.05, 0) is 102 Å². The first kappa shape index (κ1) is 26.2. The molecule has 0 amide bonds. The van der Waals surface area contributed by atoms with Gasteiger partial charge in [-0.25, -0.2) is 0 Å². The Labute approximate surface area is 183 Å². The Balaban J connectivity index is 2.42. The molecule has 0 aliphatic heterocycles. The zero-order valence-corrected chi connectivity index (χ0v) is 19.9. The van der Waals surface area contributed by atoms with Crippen LogP contribution in [0.2, 0.25) is 0 Å². The molecule has 170 valence electrons. The summed E-state index contributed by atoms with van der Waals surface area (Å²) in [6, 6.07) is 4.63. The first-order valence-corrected chi connectivity index (χ1v) is 11.4. The fraction of sp³-hybridized carbons (Fsp3) is 0.692. The summed E-state index contributed by atoms with van der Waals surface area (Å²) in [5.74, 6) is -1.43. The van der Waals surface area contributed by atoms with Crippen molar-refractivity contribution in [2.45, 2.75) is 106 Å². The zero-order chi connectivity index (χ0) is 22.9. The molecule has 0 unspecified atom stereocenters. The number of carboxylic acid groups (broad SMARTS) is 2. The van der Waals surface area contributed by atoms with Gasteiger partial charge in [-0.1, -0.05) is 37.8 Å². The van der Waals surface area contributed by atoms with Crippen molar-refractivity contribution in [2.75, 3.05) is 0 Å². The summed E-state index contributed by atoms with van der Waals surface area (Å²) in [4.78, 5) is 22.4. The third-order valence-corrected chi connectivity index (χ3v) is 6.45. The lowest BCUT2D eigenvalue weighted by Gasteiger charge is -2.19. The van der Waals surface area contributed by atoms with E-state index in [-0.39, 0.29) is 0 Å². The molecule has 1 aromatic carbocycles. The molecular weight excluding hydrogens is 376 g/mol. The number of rotatable bonds is 14. The van der Waals surface area contributed by atoms with E-state index in [0.717, 1.165) is 57.8 Å². The molecule has 0 saturated carbocycles. The molecule has 0 spiro atoms. The average molecular weight is 419 g/mol. The lowest BCUT2D eigenvalue weighted by atomic mass is 9.86. The fourth-order valence-electron chi connectivity index (χ4n) is 3.81. The quantitative estimate of drug-likeness (QED) is 0.328. The van der Waals surface area contributed by atoms with Gasteiger partial charge in [0.05, 0.1) is 10.8 Å². The van der Waals surface area contributed by atoms with Gasteiger partial charge < -0.3 is 10.2 Å². The van der Waals surface area contributed by atoms with E-state index in [4.69, 9.17) is 0 Å². The summed E-state index contributed by atoms with van der Waals surface area (Å²) in [7, 11) is 0. The molecule has 0 atom stereocenters. The van der Waals surface area contributed by atoms with Crippen LogP contribution < -0.4 is 0 Å². The van der Waals surface area contributed by atoms with Crippen molar-refractivity contribution in [3.8, 4) is 0 Å². The molecule has 0 bridgehead atoms. The molecule has 4 heteroatoms. The maximum atomic E-state index is 11.2. The normalized spacial score (nSPS) is 12.2. The van der Waals surface area contributed by atoms with Gasteiger partial charge in [0, 0.05) is 0 Å². The summed E-state index contributed by atoms with van der Waals surface area (Å²) in [5, 5.41) is 18.4. The number of hydrogen-bond donors (Lipinski definition) is 2. The van der Waals surface area contributed by atoms with Crippen LogP contribution in [-0.4, -0.2) is 22.2 Å². The SMILES string of the molecule is Cc1cc(CCCCC(C)(C)C(=O)O)c(C)cc1CCCCCCC(C)(C)C(=O)O. The van der Waals surface area contributed by atoms with E-state index in [2.05, 4.69) is 26.0 Å². The van der Waals surface area contributed by atoms with Crippen molar-refractivity contribution in [3.05, 3.63) is 34.4 Å². The largest absolute Gasteiger partial charge is 0.481 e. The number of benzene rings is 1. The molecule has 4 nitrogen and oxygen atoms in total. The lowest BCUT2D eigenvalue weighted by molar-refractivity contribution is -0.148. The van der Waals surface area contributed by atoms with Gasteiger partial charge in [0.15, 0.2) is 0 Å². The molecule has 2 N–H and O–H groups in total. The van der Waals surface area contributed by atoms with Crippen LogP contribution in [0.5, 0.6) is 0 Å². The Bertz CT molecular complexity index is 716. The predicted octanol–water partition coefficient (Wildman–Crippen LogP) is 6.73. The number of hydrogen-bond acceptors (Lipinski definition) is 2. The monoisotopic (exact) mass is 418 g/mol. The minimum absolute atomic E-state index is 0.618. The molecule has 0 fully saturated rings. The smallest absolute Gasteiger partial charge is 0.309 e. The van der Waals surface area contributed by atoms with E-state index in [1.54, 1.807) is 27.7 Å².